The van der Waals surface area contributed by atoms with Gasteiger partial charge in [-0.2, -0.15) is 5.10 Å². The molecule has 1 fully saturated rings. The molecule has 1 aliphatic carbocycles. The Morgan fingerprint density at radius 1 is 1.33 bits per heavy atom. The summed E-state index contributed by atoms with van der Waals surface area (Å²) in [5, 5.41) is 4.99. The van der Waals surface area contributed by atoms with Crippen molar-refractivity contribution in [2.75, 3.05) is 7.05 Å². The number of aromatic nitrogens is 2. The maximum atomic E-state index is 12.7. The van der Waals surface area contributed by atoms with Crippen molar-refractivity contribution in [3.05, 3.63) is 76.5 Å². The van der Waals surface area contributed by atoms with E-state index in [0.717, 1.165) is 17.1 Å². The summed E-state index contributed by atoms with van der Waals surface area (Å²) in [6.07, 6.45) is 4.53. The Bertz CT molecular complexity index is 962. The number of halogens is 1. The topological polar surface area (TPSA) is 51.3 Å². The molecule has 0 saturated heterocycles. The summed E-state index contributed by atoms with van der Waals surface area (Å²) in [7, 11) is 1.77. The fraction of sp³-hybridized carbons (Fsp3) is 0.333. The Hall–Kier alpha value is -2.53. The summed E-state index contributed by atoms with van der Waals surface area (Å²) < 4.78 is 7.63. The Balaban J connectivity index is 1.39. The number of nitrogens with zero attached hydrogens (tertiary/aromatic N) is 3. The number of hydrogen-bond acceptors (Lipinski definition) is 3. The van der Waals surface area contributed by atoms with Crippen LogP contribution in [0.5, 0.6) is 0 Å². The predicted octanol–water partition coefficient (Wildman–Crippen LogP) is 4.57. The lowest BCUT2D eigenvalue weighted by molar-refractivity contribution is 0.0774. The molecule has 0 radical (unpaired) electrons. The minimum Gasteiger partial charge on any atom is -0.464 e. The van der Waals surface area contributed by atoms with Crippen molar-refractivity contribution in [3.63, 3.8) is 0 Å². The fourth-order valence-corrected chi connectivity index (χ4v) is 3.48. The molecule has 2 aromatic heterocycles. The largest absolute Gasteiger partial charge is 0.464 e. The van der Waals surface area contributed by atoms with E-state index in [4.69, 9.17) is 16.0 Å². The summed E-state index contributed by atoms with van der Waals surface area (Å²) in [6, 6.07) is 11.6. The molecule has 1 aliphatic rings. The molecule has 0 N–H and O–H groups in total. The van der Waals surface area contributed by atoms with Gasteiger partial charge in [0.05, 0.1) is 24.8 Å². The van der Waals surface area contributed by atoms with Gasteiger partial charge in [0.25, 0.3) is 5.91 Å². The first-order valence-electron chi connectivity index (χ1n) is 9.11. The molecule has 6 heteroatoms. The third-order valence-corrected chi connectivity index (χ3v) is 5.44. The van der Waals surface area contributed by atoms with E-state index >= 15 is 0 Å². The van der Waals surface area contributed by atoms with E-state index < -0.39 is 0 Å². The molecule has 3 aromatic rings. The number of amides is 1. The highest BCUT2D eigenvalue weighted by Gasteiger charge is 2.36. The van der Waals surface area contributed by atoms with Crippen LogP contribution in [-0.2, 0) is 13.1 Å². The van der Waals surface area contributed by atoms with Crippen LogP contribution in [0.2, 0.25) is 5.02 Å². The Morgan fingerprint density at radius 2 is 2.11 bits per heavy atom. The molecule has 27 heavy (non-hydrogen) atoms. The molecule has 1 aromatic carbocycles. The molecule has 2 unspecified atom stereocenters. The first-order chi connectivity index (χ1) is 13.0. The Labute approximate surface area is 163 Å². The standard InChI is InChI=1S/C21H22ClN3O2/c1-14-9-18(14)20-8-7-17(27-20)13-24(2)21(26)16-10-23-25(12-16)11-15-5-3-4-6-19(15)22/h3-8,10,12,14,18H,9,11,13H2,1-2H3. The van der Waals surface area contributed by atoms with Gasteiger partial charge in [-0.15, -0.1) is 0 Å². The van der Waals surface area contributed by atoms with Crippen LogP contribution < -0.4 is 0 Å². The van der Waals surface area contributed by atoms with E-state index in [1.165, 1.54) is 6.42 Å². The minimum atomic E-state index is -0.0850. The van der Waals surface area contributed by atoms with Gasteiger partial charge in [-0.05, 0) is 36.1 Å². The number of carbonyl (C=O) groups excluding carboxylic acids is 1. The monoisotopic (exact) mass is 383 g/mol. The molecule has 4 rings (SSSR count). The summed E-state index contributed by atoms with van der Waals surface area (Å²) in [4.78, 5) is 14.3. The molecular formula is C21H22ClN3O2. The fourth-order valence-electron chi connectivity index (χ4n) is 3.28. The van der Waals surface area contributed by atoms with Crippen LogP contribution in [0.15, 0.2) is 53.2 Å². The molecule has 2 atom stereocenters. The van der Waals surface area contributed by atoms with Gasteiger partial charge in [0.1, 0.15) is 11.5 Å². The highest BCUT2D eigenvalue weighted by molar-refractivity contribution is 6.31. The lowest BCUT2D eigenvalue weighted by Gasteiger charge is -2.14. The van der Waals surface area contributed by atoms with E-state index in [1.54, 1.807) is 29.0 Å². The molecular weight excluding hydrogens is 362 g/mol. The number of carbonyl (C=O) groups is 1. The summed E-state index contributed by atoms with van der Waals surface area (Å²) in [6.45, 7) is 3.19. The van der Waals surface area contributed by atoms with Crippen molar-refractivity contribution < 1.29 is 9.21 Å². The maximum absolute atomic E-state index is 12.7. The van der Waals surface area contributed by atoms with Gasteiger partial charge in [-0.25, -0.2) is 0 Å². The van der Waals surface area contributed by atoms with E-state index in [1.807, 2.05) is 36.4 Å². The third kappa shape index (κ3) is 3.93. The van der Waals surface area contributed by atoms with Crippen LogP contribution in [0.25, 0.3) is 0 Å². The quantitative estimate of drug-likeness (QED) is 0.626. The molecule has 0 spiro atoms. The number of furan rings is 1. The van der Waals surface area contributed by atoms with Gasteiger partial charge in [-0.3, -0.25) is 9.48 Å². The van der Waals surface area contributed by atoms with Crippen molar-refractivity contribution in [1.82, 2.24) is 14.7 Å². The predicted molar refractivity (Wildman–Crippen MR) is 104 cm³/mol. The highest BCUT2D eigenvalue weighted by Crippen LogP contribution is 2.47. The first kappa shape index (κ1) is 17.9. The van der Waals surface area contributed by atoms with Crippen LogP contribution in [0.4, 0.5) is 0 Å². The van der Waals surface area contributed by atoms with Crippen molar-refractivity contribution in [2.45, 2.75) is 32.4 Å². The van der Waals surface area contributed by atoms with Crippen LogP contribution in [0.3, 0.4) is 0 Å². The van der Waals surface area contributed by atoms with Crippen molar-refractivity contribution >= 4 is 17.5 Å². The normalized spacial score (nSPS) is 18.5. The van der Waals surface area contributed by atoms with Crippen molar-refractivity contribution in [2.24, 2.45) is 5.92 Å². The molecule has 5 nitrogen and oxygen atoms in total. The molecule has 0 aliphatic heterocycles. The van der Waals surface area contributed by atoms with Gasteiger partial charge < -0.3 is 9.32 Å². The summed E-state index contributed by atoms with van der Waals surface area (Å²) >= 11 is 6.20. The van der Waals surface area contributed by atoms with Gasteiger partial charge >= 0.3 is 0 Å². The van der Waals surface area contributed by atoms with Crippen molar-refractivity contribution in [3.8, 4) is 0 Å². The summed E-state index contributed by atoms with van der Waals surface area (Å²) in [5.41, 5.74) is 1.51. The van der Waals surface area contributed by atoms with E-state index in [-0.39, 0.29) is 5.91 Å². The van der Waals surface area contributed by atoms with E-state index in [0.29, 0.717) is 35.5 Å². The maximum Gasteiger partial charge on any atom is 0.257 e. The number of rotatable bonds is 6. The van der Waals surface area contributed by atoms with Crippen LogP contribution in [-0.4, -0.2) is 27.6 Å². The Morgan fingerprint density at radius 3 is 2.85 bits per heavy atom. The SMILES string of the molecule is CC1CC1c1ccc(CN(C)C(=O)c2cnn(Cc3ccccc3Cl)c2)o1. The molecule has 1 amide bonds. The number of hydrogen-bond donors (Lipinski definition) is 0. The average molecular weight is 384 g/mol. The lowest BCUT2D eigenvalue weighted by Crippen LogP contribution is -2.25. The highest BCUT2D eigenvalue weighted by atomic mass is 35.5. The smallest absolute Gasteiger partial charge is 0.257 e. The zero-order valence-electron chi connectivity index (χ0n) is 15.4. The number of benzene rings is 1. The van der Waals surface area contributed by atoms with Gasteiger partial charge in [0, 0.05) is 24.2 Å². The van der Waals surface area contributed by atoms with Crippen LogP contribution in [0, 0.1) is 5.92 Å². The third-order valence-electron chi connectivity index (χ3n) is 5.07. The molecule has 1 saturated carbocycles. The second kappa shape index (κ2) is 7.24. The van der Waals surface area contributed by atoms with E-state index in [2.05, 4.69) is 12.0 Å². The van der Waals surface area contributed by atoms with Crippen LogP contribution in [0.1, 0.15) is 46.7 Å². The second-order valence-corrected chi connectivity index (χ2v) is 7.71. The average Bonchev–Trinajstić information content (AvgIpc) is 3.04. The first-order valence-corrected chi connectivity index (χ1v) is 9.49. The van der Waals surface area contributed by atoms with Crippen molar-refractivity contribution in [1.29, 1.82) is 0 Å². The zero-order valence-corrected chi connectivity index (χ0v) is 16.2. The van der Waals surface area contributed by atoms with E-state index in [9.17, 15) is 4.79 Å². The second-order valence-electron chi connectivity index (χ2n) is 7.30. The Kier molecular flexibility index (Phi) is 4.79. The lowest BCUT2D eigenvalue weighted by atomic mass is 10.2. The van der Waals surface area contributed by atoms with Gasteiger partial charge in [-0.1, -0.05) is 36.7 Å². The van der Waals surface area contributed by atoms with Gasteiger partial charge in [0.2, 0.25) is 0 Å². The van der Waals surface area contributed by atoms with Gasteiger partial charge in [0.15, 0.2) is 0 Å². The zero-order chi connectivity index (χ0) is 19.0. The molecule has 0 bridgehead atoms. The molecule has 2 heterocycles. The minimum absolute atomic E-state index is 0.0850. The van der Waals surface area contributed by atoms with Crippen LogP contribution >= 0.6 is 11.6 Å². The summed E-state index contributed by atoms with van der Waals surface area (Å²) in [5.74, 6) is 3.00. The molecule has 140 valence electrons.